The van der Waals surface area contributed by atoms with Crippen LogP contribution in [0.3, 0.4) is 0 Å². The molecule has 1 spiro atoms. The number of fused-ring (bicyclic) bond motifs is 1. The highest BCUT2D eigenvalue weighted by molar-refractivity contribution is 5.78. The summed E-state index contributed by atoms with van der Waals surface area (Å²) in [5, 5.41) is 9.09. The largest absolute Gasteiger partial charge is 0.387 e. The molecule has 2 aliphatic heterocycles. The van der Waals surface area contributed by atoms with Crippen LogP contribution in [0.1, 0.15) is 36.8 Å². The number of allylic oxidation sites excluding steroid dienone is 1. The molecule has 2 fully saturated rings. The zero-order chi connectivity index (χ0) is 22.3. The normalized spacial score (nSPS) is 19.4. The first kappa shape index (κ1) is 20.9. The molecule has 2 aromatic rings. The van der Waals surface area contributed by atoms with E-state index in [1.54, 1.807) is 16.5 Å². The Hall–Kier alpha value is -2.93. The number of aryl methyl sites for hydroxylation is 1. The highest BCUT2D eigenvalue weighted by Gasteiger charge is 2.38. The lowest BCUT2D eigenvalue weighted by molar-refractivity contribution is -0.136. The van der Waals surface area contributed by atoms with E-state index in [1.165, 1.54) is 0 Å². The Labute approximate surface area is 188 Å². The molecule has 2 aromatic heterocycles. The van der Waals surface area contributed by atoms with Crippen molar-refractivity contribution in [1.82, 2.24) is 14.5 Å². The molecule has 4 heterocycles. The second kappa shape index (κ2) is 8.20. The number of aliphatic hydroxyl groups is 1. The number of likely N-dealkylation sites (tertiary alicyclic amines) is 1. The van der Waals surface area contributed by atoms with Gasteiger partial charge in [-0.1, -0.05) is 12.2 Å². The van der Waals surface area contributed by atoms with Gasteiger partial charge in [-0.15, -0.1) is 0 Å². The Bertz CT molecular complexity index is 1100. The van der Waals surface area contributed by atoms with Crippen molar-refractivity contribution in [2.75, 3.05) is 37.7 Å². The minimum atomic E-state index is -0.388. The molecule has 0 radical (unpaired) electrons. The Balaban J connectivity index is 1.27. The lowest BCUT2D eigenvalue weighted by atomic mass is 9.71. The van der Waals surface area contributed by atoms with Gasteiger partial charge in [0.05, 0.1) is 0 Å². The average Bonchev–Trinajstić information content (AvgIpc) is 3.32. The first-order valence-electron chi connectivity index (χ1n) is 11.5. The summed E-state index contributed by atoms with van der Waals surface area (Å²) < 4.78 is 1.67. The predicted octanol–water partition coefficient (Wildman–Crippen LogP) is 2.22. The molecule has 3 aliphatic rings. The molecule has 5 rings (SSSR count). The number of hydrogen-bond donors (Lipinski definition) is 1. The molecule has 7 heteroatoms. The van der Waals surface area contributed by atoms with Crippen molar-refractivity contribution in [3.63, 3.8) is 0 Å². The van der Waals surface area contributed by atoms with Gasteiger partial charge in [0.2, 0.25) is 5.91 Å². The molecule has 0 saturated carbocycles. The maximum Gasteiger partial charge on any atom is 0.254 e. The van der Waals surface area contributed by atoms with Gasteiger partial charge >= 0.3 is 0 Å². The van der Waals surface area contributed by atoms with Crippen LogP contribution >= 0.6 is 0 Å². The Morgan fingerprint density at radius 1 is 1.12 bits per heavy atom. The van der Waals surface area contributed by atoms with Crippen LogP contribution in [0.25, 0.3) is 17.2 Å². The quantitative estimate of drug-likeness (QED) is 0.802. The number of hydrogen-bond acceptors (Lipinski definition) is 5. The zero-order valence-electron chi connectivity index (χ0n) is 18.6. The van der Waals surface area contributed by atoms with Gasteiger partial charge in [0.1, 0.15) is 12.4 Å². The van der Waals surface area contributed by atoms with Crippen molar-refractivity contribution in [3.8, 4) is 11.1 Å². The number of anilines is 1. The SMILES string of the molecule is Cn1cc(-c2ccc(N3CCC4(CCN(C(=O)CO)CC4)CC3)nc2)c2c(c1=O)CC=C2. The van der Waals surface area contributed by atoms with Crippen LogP contribution in [0.4, 0.5) is 5.82 Å². The van der Waals surface area contributed by atoms with Gasteiger partial charge in [0.15, 0.2) is 0 Å². The van der Waals surface area contributed by atoms with Crippen molar-refractivity contribution in [2.45, 2.75) is 32.1 Å². The summed E-state index contributed by atoms with van der Waals surface area (Å²) in [5.41, 5.74) is 4.35. The number of amides is 1. The Kier molecular flexibility index (Phi) is 5.37. The molecule has 0 bridgehead atoms. The first-order valence-corrected chi connectivity index (χ1v) is 11.5. The molecule has 168 valence electrons. The number of aromatic nitrogens is 2. The van der Waals surface area contributed by atoms with E-state index in [9.17, 15) is 9.59 Å². The van der Waals surface area contributed by atoms with Crippen molar-refractivity contribution < 1.29 is 9.90 Å². The maximum atomic E-state index is 12.4. The fourth-order valence-electron chi connectivity index (χ4n) is 5.50. The first-order chi connectivity index (χ1) is 15.5. The Morgan fingerprint density at radius 3 is 2.50 bits per heavy atom. The predicted molar refractivity (Wildman–Crippen MR) is 124 cm³/mol. The van der Waals surface area contributed by atoms with Crippen molar-refractivity contribution in [3.05, 3.63) is 52.1 Å². The standard InChI is InChI=1S/C25H30N4O3/c1-27-16-21(19-3-2-4-20(19)24(27)32)18-5-6-22(26-15-18)28-11-7-25(8-12-28)9-13-29(14-10-25)23(31)17-30/h2-3,5-6,15-16,30H,4,7-14,17H2,1H3. The average molecular weight is 435 g/mol. The monoisotopic (exact) mass is 434 g/mol. The zero-order valence-corrected chi connectivity index (χ0v) is 18.6. The van der Waals surface area contributed by atoms with Gasteiger partial charge in [-0.2, -0.15) is 0 Å². The van der Waals surface area contributed by atoms with E-state index in [2.05, 4.69) is 17.0 Å². The van der Waals surface area contributed by atoms with E-state index >= 15 is 0 Å². The van der Waals surface area contributed by atoms with Crippen LogP contribution in [0.5, 0.6) is 0 Å². The van der Waals surface area contributed by atoms with Crippen molar-refractivity contribution in [1.29, 1.82) is 0 Å². The number of nitrogens with zero attached hydrogens (tertiary/aromatic N) is 4. The summed E-state index contributed by atoms with van der Waals surface area (Å²) in [5.74, 6) is 0.842. The van der Waals surface area contributed by atoms with E-state index in [0.29, 0.717) is 11.8 Å². The van der Waals surface area contributed by atoms with Gasteiger partial charge in [-0.25, -0.2) is 4.98 Å². The molecule has 1 aliphatic carbocycles. The number of carbonyl (C=O) groups is 1. The highest BCUT2D eigenvalue weighted by Crippen LogP contribution is 2.42. The van der Waals surface area contributed by atoms with Gasteiger partial charge in [-0.05, 0) is 55.2 Å². The van der Waals surface area contributed by atoms with Crippen molar-refractivity contribution >= 4 is 17.8 Å². The summed E-state index contributed by atoms with van der Waals surface area (Å²) in [7, 11) is 1.81. The van der Waals surface area contributed by atoms with Gasteiger partial charge < -0.3 is 19.5 Å². The third-order valence-electron chi connectivity index (χ3n) is 7.64. The molecule has 7 nitrogen and oxygen atoms in total. The van der Waals surface area contributed by atoms with Crippen LogP contribution < -0.4 is 10.5 Å². The molecule has 2 saturated heterocycles. The van der Waals surface area contributed by atoms with Crippen LogP contribution in [-0.2, 0) is 18.3 Å². The number of aliphatic hydroxyl groups excluding tert-OH is 1. The van der Waals surface area contributed by atoms with E-state index in [4.69, 9.17) is 10.1 Å². The van der Waals surface area contributed by atoms with Gasteiger partial charge in [-0.3, -0.25) is 9.59 Å². The fourth-order valence-corrected chi connectivity index (χ4v) is 5.50. The van der Waals surface area contributed by atoms with Crippen LogP contribution in [0.2, 0.25) is 0 Å². The molecule has 1 amide bonds. The minimum absolute atomic E-state index is 0.0761. The van der Waals surface area contributed by atoms with E-state index in [0.717, 1.165) is 79.9 Å². The smallest absolute Gasteiger partial charge is 0.254 e. The summed E-state index contributed by atoms with van der Waals surface area (Å²) in [6, 6.07) is 4.20. The molecule has 32 heavy (non-hydrogen) atoms. The minimum Gasteiger partial charge on any atom is -0.387 e. The topological polar surface area (TPSA) is 78.7 Å². The van der Waals surface area contributed by atoms with Crippen molar-refractivity contribution in [2.24, 2.45) is 12.5 Å². The summed E-state index contributed by atoms with van der Waals surface area (Å²) >= 11 is 0. The second-order valence-corrected chi connectivity index (χ2v) is 9.39. The lowest BCUT2D eigenvalue weighted by Gasteiger charge is -2.47. The van der Waals surface area contributed by atoms with Crippen LogP contribution in [0.15, 0.2) is 35.4 Å². The van der Waals surface area contributed by atoms with E-state index in [-0.39, 0.29) is 18.1 Å². The maximum absolute atomic E-state index is 12.4. The van der Waals surface area contributed by atoms with E-state index in [1.807, 2.05) is 24.5 Å². The number of rotatable bonds is 3. The molecule has 0 aromatic carbocycles. The highest BCUT2D eigenvalue weighted by atomic mass is 16.3. The van der Waals surface area contributed by atoms with Crippen LogP contribution in [-0.4, -0.2) is 58.3 Å². The number of carbonyl (C=O) groups excluding carboxylic acids is 1. The summed E-state index contributed by atoms with van der Waals surface area (Å²) in [4.78, 5) is 33.0. The lowest BCUT2D eigenvalue weighted by Crippen LogP contribution is -2.49. The Morgan fingerprint density at radius 2 is 1.84 bits per heavy atom. The summed E-state index contributed by atoms with van der Waals surface area (Å²) in [6.45, 7) is 3.06. The van der Waals surface area contributed by atoms with E-state index < -0.39 is 0 Å². The summed E-state index contributed by atoms with van der Waals surface area (Å²) in [6.07, 6.45) is 12.9. The van der Waals surface area contributed by atoms with Crippen LogP contribution in [0, 0.1) is 5.41 Å². The molecular formula is C25H30N4O3. The number of piperidine rings is 2. The third kappa shape index (κ3) is 3.64. The van der Waals surface area contributed by atoms with Gasteiger partial charge in [0, 0.05) is 62.3 Å². The molecule has 0 atom stereocenters. The second-order valence-electron chi connectivity index (χ2n) is 9.39. The van der Waals surface area contributed by atoms with Gasteiger partial charge in [0.25, 0.3) is 5.56 Å². The fraction of sp³-hybridized carbons (Fsp3) is 0.480. The molecule has 0 unspecified atom stereocenters. The third-order valence-corrected chi connectivity index (χ3v) is 7.64. The molecular weight excluding hydrogens is 404 g/mol. The number of pyridine rings is 2. The molecule has 1 N–H and O–H groups in total.